The highest BCUT2D eigenvalue weighted by molar-refractivity contribution is 5.33. The van der Waals surface area contributed by atoms with Gasteiger partial charge in [0.1, 0.15) is 0 Å². The van der Waals surface area contributed by atoms with Crippen LogP contribution >= 0.6 is 0 Å². The molecule has 0 amide bonds. The Hall–Kier alpha value is -1.61. The van der Waals surface area contributed by atoms with Crippen LogP contribution in [0.1, 0.15) is 35.4 Å². The van der Waals surface area contributed by atoms with E-state index in [9.17, 15) is 0 Å². The van der Waals surface area contributed by atoms with E-state index in [1.807, 2.05) is 4.68 Å². The highest BCUT2D eigenvalue weighted by atomic mass is 15.3. The fraction of sp³-hybridized carbons (Fsp3) is 0.438. The van der Waals surface area contributed by atoms with Crippen LogP contribution in [0.25, 0.3) is 0 Å². The van der Waals surface area contributed by atoms with Crippen LogP contribution in [-0.4, -0.2) is 16.3 Å². The van der Waals surface area contributed by atoms with Crippen molar-refractivity contribution in [1.29, 1.82) is 0 Å². The molecule has 0 saturated carbocycles. The van der Waals surface area contributed by atoms with Crippen molar-refractivity contribution in [3.8, 4) is 0 Å². The predicted octanol–water partition coefficient (Wildman–Crippen LogP) is 2.41. The summed E-state index contributed by atoms with van der Waals surface area (Å²) in [4.78, 5) is 0. The molecule has 3 nitrogen and oxygen atoms in total. The van der Waals surface area contributed by atoms with Crippen molar-refractivity contribution in [2.24, 2.45) is 7.05 Å². The molecule has 19 heavy (non-hydrogen) atoms. The van der Waals surface area contributed by atoms with Gasteiger partial charge < -0.3 is 5.32 Å². The van der Waals surface area contributed by atoms with Crippen molar-refractivity contribution in [3.63, 3.8) is 0 Å². The van der Waals surface area contributed by atoms with E-state index in [4.69, 9.17) is 0 Å². The zero-order valence-electron chi connectivity index (χ0n) is 11.7. The number of nitrogens with one attached hydrogen (secondary N) is 1. The number of rotatable bonds is 3. The molecular weight excluding hydrogens is 234 g/mol. The Labute approximate surface area is 114 Å². The lowest BCUT2D eigenvalue weighted by Crippen LogP contribution is -2.29. The highest BCUT2D eigenvalue weighted by Crippen LogP contribution is 2.27. The number of hydrogen-bond donors (Lipinski definition) is 1. The van der Waals surface area contributed by atoms with Crippen LogP contribution in [-0.2, 0) is 26.4 Å². The van der Waals surface area contributed by atoms with E-state index >= 15 is 0 Å². The lowest BCUT2D eigenvalue weighted by molar-refractivity contribution is 0.524. The Balaban J connectivity index is 1.86. The Morgan fingerprint density at radius 2 is 2.21 bits per heavy atom. The lowest BCUT2D eigenvalue weighted by Gasteiger charge is -2.26. The average molecular weight is 255 g/mol. The third-order valence-corrected chi connectivity index (χ3v) is 4.05. The van der Waals surface area contributed by atoms with Gasteiger partial charge in [0.25, 0.3) is 0 Å². The van der Waals surface area contributed by atoms with Crippen molar-refractivity contribution in [1.82, 2.24) is 15.1 Å². The molecule has 1 aromatic carbocycles. The third-order valence-electron chi connectivity index (χ3n) is 4.05. The molecule has 2 aromatic rings. The fourth-order valence-electron chi connectivity index (χ4n) is 2.95. The molecule has 1 aliphatic rings. The molecule has 1 N–H and O–H groups in total. The van der Waals surface area contributed by atoms with Gasteiger partial charge in [-0.2, -0.15) is 5.10 Å². The zero-order valence-corrected chi connectivity index (χ0v) is 11.7. The standard InChI is InChI=1S/C16H21N3/c1-3-14-9-15(19(2)18-14)8-13-11-17-10-12-6-4-5-7-16(12)13/h4-7,9,13,17H,3,8,10-11H2,1-2H3. The van der Waals surface area contributed by atoms with E-state index in [-0.39, 0.29) is 0 Å². The summed E-state index contributed by atoms with van der Waals surface area (Å²) in [5, 5.41) is 8.07. The van der Waals surface area contributed by atoms with Gasteiger partial charge in [0.2, 0.25) is 0 Å². The molecule has 3 heteroatoms. The Kier molecular flexibility index (Phi) is 3.38. The maximum absolute atomic E-state index is 4.55. The molecular formula is C16H21N3. The van der Waals surface area contributed by atoms with Crippen LogP contribution < -0.4 is 5.32 Å². The van der Waals surface area contributed by atoms with Crippen LogP contribution in [0.2, 0.25) is 0 Å². The second kappa shape index (κ2) is 5.17. The second-order valence-electron chi connectivity index (χ2n) is 5.33. The summed E-state index contributed by atoms with van der Waals surface area (Å²) in [6.07, 6.45) is 2.07. The minimum atomic E-state index is 0.560. The maximum Gasteiger partial charge on any atom is 0.0624 e. The van der Waals surface area contributed by atoms with Crippen molar-refractivity contribution in [2.75, 3.05) is 6.54 Å². The van der Waals surface area contributed by atoms with Crippen molar-refractivity contribution >= 4 is 0 Å². The summed E-state index contributed by atoms with van der Waals surface area (Å²) >= 11 is 0. The molecule has 100 valence electrons. The van der Waals surface area contributed by atoms with Gasteiger partial charge in [0, 0.05) is 31.7 Å². The molecule has 1 aliphatic heterocycles. The molecule has 0 aliphatic carbocycles. The predicted molar refractivity (Wildman–Crippen MR) is 77.2 cm³/mol. The Bertz CT molecular complexity index is 571. The molecule has 1 aromatic heterocycles. The average Bonchev–Trinajstić information content (AvgIpc) is 2.80. The zero-order chi connectivity index (χ0) is 13.2. The van der Waals surface area contributed by atoms with E-state index in [0.29, 0.717) is 5.92 Å². The van der Waals surface area contributed by atoms with Crippen LogP contribution in [0.4, 0.5) is 0 Å². The van der Waals surface area contributed by atoms with Gasteiger partial charge in [-0.15, -0.1) is 0 Å². The SMILES string of the molecule is CCc1cc(CC2CNCc3ccccc32)n(C)n1. The van der Waals surface area contributed by atoms with Gasteiger partial charge in [-0.05, 0) is 30.0 Å². The van der Waals surface area contributed by atoms with Crippen molar-refractivity contribution in [3.05, 3.63) is 52.8 Å². The summed E-state index contributed by atoms with van der Waals surface area (Å²) in [6, 6.07) is 11.0. The van der Waals surface area contributed by atoms with Gasteiger partial charge in [-0.1, -0.05) is 31.2 Å². The molecule has 1 atom stereocenters. The normalized spacial score (nSPS) is 18.3. The minimum absolute atomic E-state index is 0.560. The summed E-state index contributed by atoms with van der Waals surface area (Å²) in [5.41, 5.74) is 5.46. The number of aryl methyl sites for hydroxylation is 2. The third kappa shape index (κ3) is 2.43. The van der Waals surface area contributed by atoms with Gasteiger partial charge >= 0.3 is 0 Å². The first-order valence-electron chi connectivity index (χ1n) is 7.08. The summed E-state index contributed by atoms with van der Waals surface area (Å²) in [5.74, 6) is 0.560. The smallest absolute Gasteiger partial charge is 0.0624 e. The Morgan fingerprint density at radius 1 is 1.37 bits per heavy atom. The topological polar surface area (TPSA) is 29.9 Å². The molecule has 0 radical (unpaired) electrons. The van der Waals surface area contributed by atoms with E-state index in [1.54, 1.807) is 0 Å². The van der Waals surface area contributed by atoms with Crippen molar-refractivity contribution in [2.45, 2.75) is 32.2 Å². The van der Waals surface area contributed by atoms with Crippen LogP contribution in [0.5, 0.6) is 0 Å². The van der Waals surface area contributed by atoms with E-state index in [2.05, 4.69) is 54.7 Å². The number of benzene rings is 1. The van der Waals surface area contributed by atoms with Crippen molar-refractivity contribution < 1.29 is 0 Å². The maximum atomic E-state index is 4.55. The molecule has 1 unspecified atom stereocenters. The molecule has 2 heterocycles. The first-order valence-corrected chi connectivity index (χ1v) is 7.08. The first kappa shape index (κ1) is 12.4. The number of aromatic nitrogens is 2. The number of fused-ring (bicyclic) bond motifs is 1. The van der Waals surface area contributed by atoms with Gasteiger partial charge in [-0.25, -0.2) is 0 Å². The number of hydrogen-bond acceptors (Lipinski definition) is 2. The number of nitrogens with zero attached hydrogens (tertiary/aromatic N) is 2. The Morgan fingerprint density at radius 3 is 3.00 bits per heavy atom. The summed E-state index contributed by atoms with van der Waals surface area (Å²) < 4.78 is 2.04. The molecule has 0 saturated heterocycles. The largest absolute Gasteiger partial charge is 0.312 e. The van der Waals surface area contributed by atoms with Crippen LogP contribution in [0.3, 0.4) is 0 Å². The molecule has 0 fully saturated rings. The second-order valence-corrected chi connectivity index (χ2v) is 5.33. The quantitative estimate of drug-likeness (QED) is 0.913. The van der Waals surface area contributed by atoms with E-state index < -0.39 is 0 Å². The summed E-state index contributed by atoms with van der Waals surface area (Å²) in [6.45, 7) is 4.21. The molecule has 3 rings (SSSR count). The minimum Gasteiger partial charge on any atom is -0.312 e. The first-order chi connectivity index (χ1) is 9.28. The fourth-order valence-corrected chi connectivity index (χ4v) is 2.95. The van der Waals surface area contributed by atoms with E-state index in [0.717, 1.165) is 25.9 Å². The van der Waals surface area contributed by atoms with Crippen LogP contribution in [0.15, 0.2) is 30.3 Å². The lowest BCUT2D eigenvalue weighted by atomic mass is 9.87. The van der Waals surface area contributed by atoms with Gasteiger partial charge in [0.15, 0.2) is 0 Å². The molecule has 0 spiro atoms. The summed E-state index contributed by atoms with van der Waals surface area (Å²) in [7, 11) is 2.05. The van der Waals surface area contributed by atoms with Gasteiger partial charge in [0.05, 0.1) is 5.69 Å². The molecule has 0 bridgehead atoms. The van der Waals surface area contributed by atoms with Crippen LogP contribution in [0, 0.1) is 0 Å². The highest BCUT2D eigenvalue weighted by Gasteiger charge is 2.21. The monoisotopic (exact) mass is 255 g/mol. The van der Waals surface area contributed by atoms with E-state index in [1.165, 1.54) is 22.5 Å². The van der Waals surface area contributed by atoms with Gasteiger partial charge in [-0.3, -0.25) is 4.68 Å².